The molecule has 2 rings (SSSR count). The van der Waals surface area contributed by atoms with E-state index in [1.807, 2.05) is 17.9 Å². The molecule has 1 aliphatic rings. The molecule has 5 nitrogen and oxygen atoms in total. The number of likely N-dealkylation sites (tertiary alicyclic amines) is 1. The molecule has 1 aromatic rings. The minimum atomic E-state index is -0.126. The van der Waals surface area contributed by atoms with Gasteiger partial charge in [-0.3, -0.25) is 9.59 Å². The molecular formula is C19H28N2O3. The molecule has 1 heterocycles. The third-order valence-corrected chi connectivity index (χ3v) is 4.25. The molecule has 1 fully saturated rings. The van der Waals surface area contributed by atoms with Crippen LogP contribution in [0.15, 0.2) is 18.2 Å². The molecule has 0 saturated carbocycles. The molecule has 0 bridgehead atoms. The van der Waals surface area contributed by atoms with E-state index in [-0.39, 0.29) is 18.4 Å². The molecule has 0 unspecified atom stereocenters. The third kappa shape index (κ3) is 5.25. The van der Waals surface area contributed by atoms with Crippen molar-refractivity contribution in [3.05, 3.63) is 29.3 Å². The maximum Gasteiger partial charge on any atom is 0.257 e. The Hall–Kier alpha value is -2.04. The summed E-state index contributed by atoms with van der Waals surface area (Å²) in [6.07, 6.45) is 2.39. The minimum absolute atomic E-state index is 0.0197. The second-order valence-electron chi connectivity index (χ2n) is 6.67. The summed E-state index contributed by atoms with van der Waals surface area (Å²) >= 11 is 0. The average Bonchev–Trinajstić information content (AvgIpc) is 2.94. The number of amides is 2. The Morgan fingerprint density at radius 1 is 1.38 bits per heavy atom. The van der Waals surface area contributed by atoms with E-state index >= 15 is 0 Å². The lowest BCUT2D eigenvalue weighted by molar-refractivity contribution is -0.127. The van der Waals surface area contributed by atoms with Gasteiger partial charge in [-0.05, 0) is 42.9 Å². The van der Waals surface area contributed by atoms with Gasteiger partial charge in [0.05, 0.1) is 0 Å². The molecule has 132 valence electrons. The highest BCUT2D eigenvalue weighted by atomic mass is 16.5. The summed E-state index contributed by atoms with van der Waals surface area (Å²) in [6, 6.07) is 6.09. The first-order chi connectivity index (χ1) is 11.5. The molecule has 1 saturated heterocycles. The first-order valence-corrected chi connectivity index (χ1v) is 8.75. The van der Waals surface area contributed by atoms with Gasteiger partial charge in [0.2, 0.25) is 5.91 Å². The van der Waals surface area contributed by atoms with Crippen LogP contribution in [0.1, 0.15) is 50.2 Å². The number of nitrogens with one attached hydrogen (secondary N) is 1. The van der Waals surface area contributed by atoms with Crippen molar-refractivity contribution < 1.29 is 14.3 Å². The normalized spacial score (nSPS) is 14.3. The number of hydrogen-bond acceptors (Lipinski definition) is 3. The van der Waals surface area contributed by atoms with Crippen LogP contribution in [0.2, 0.25) is 0 Å². The van der Waals surface area contributed by atoms with E-state index < -0.39 is 0 Å². The van der Waals surface area contributed by atoms with Crippen LogP contribution in [0.5, 0.6) is 5.75 Å². The van der Waals surface area contributed by atoms with Crippen molar-refractivity contribution in [1.29, 1.82) is 0 Å². The molecule has 5 heteroatoms. The summed E-state index contributed by atoms with van der Waals surface area (Å²) < 4.78 is 5.71. The van der Waals surface area contributed by atoms with Crippen molar-refractivity contribution >= 4 is 11.8 Å². The summed E-state index contributed by atoms with van der Waals surface area (Å²) in [7, 11) is 0. The van der Waals surface area contributed by atoms with Gasteiger partial charge in [-0.1, -0.05) is 26.0 Å². The molecule has 1 aliphatic heterocycles. The van der Waals surface area contributed by atoms with Crippen molar-refractivity contribution in [3.8, 4) is 5.75 Å². The van der Waals surface area contributed by atoms with Crippen LogP contribution >= 0.6 is 0 Å². The highest BCUT2D eigenvalue weighted by Gasteiger charge is 2.19. The summed E-state index contributed by atoms with van der Waals surface area (Å²) in [5.41, 5.74) is 2.23. The van der Waals surface area contributed by atoms with Gasteiger partial charge in [-0.25, -0.2) is 0 Å². The van der Waals surface area contributed by atoms with E-state index in [4.69, 9.17) is 4.74 Å². The summed E-state index contributed by atoms with van der Waals surface area (Å²) in [5, 5.41) is 2.85. The van der Waals surface area contributed by atoms with Gasteiger partial charge in [0, 0.05) is 26.1 Å². The number of hydrogen-bond donors (Lipinski definition) is 1. The monoisotopic (exact) mass is 332 g/mol. The van der Waals surface area contributed by atoms with Gasteiger partial charge in [0.1, 0.15) is 5.75 Å². The Kier molecular flexibility index (Phi) is 6.64. The lowest BCUT2D eigenvalue weighted by Gasteiger charge is -2.16. The van der Waals surface area contributed by atoms with Crippen molar-refractivity contribution in [1.82, 2.24) is 10.2 Å². The highest BCUT2D eigenvalue weighted by Crippen LogP contribution is 2.27. The van der Waals surface area contributed by atoms with Crippen LogP contribution in [-0.4, -0.2) is 43.0 Å². The number of nitrogens with zero attached hydrogens (tertiary/aromatic N) is 1. The standard InChI is InChI=1S/C19H28N2O3/c1-14(2)16-8-7-15(3)12-17(16)24-13-18(22)20-9-5-11-21-10-4-6-19(21)23/h7-8,12,14H,4-6,9-11,13H2,1-3H3,(H,20,22). The Labute approximate surface area is 144 Å². The van der Waals surface area contributed by atoms with Crippen molar-refractivity contribution in [2.75, 3.05) is 26.2 Å². The fourth-order valence-corrected chi connectivity index (χ4v) is 2.88. The third-order valence-electron chi connectivity index (χ3n) is 4.25. The number of carbonyl (C=O) groups excluding carboxylic acids is 2. The van der Waals surface area contributed by atoms with Gasteiger partial charge in [0.25, 0.3) is 5.91 Å². The number of benzene rings is 1. The molecular weight excluding hydrogens is 304 g/mol. The quantitative estimate of drug-likeness (QED) is 0.745. The minimum Gasteiger partial charge on any atom is -0.483 e. The SMILES string of the molecule is Cc1ccc(C(C)C)c(OCC(=O)NCCCN2CCCC2=O)c1. The highest BCUT2D eigenvalue weighted by molar-refractivity contribution is 5.78. The van der Waals surface area contributed by atoms with Gasteiger partial charge in [0.15, 0.2) is 6.61 Å². The van der Waals surface area contributed by atoms with E-state index in [2.05, 4.69) is 31.3 Å². The zero-order chi connectivity index (χ0) is 17.5. The first kappa shape index (κ1) is 18.3. The van der Waals surface area contributed by atoms with Crippen molar-refractivity contribution in [2.24, 2.45) is 0 Å². The molecule has 0 aromatic heterocycles. The number of carbonyl (C=O) groups is 2. The predicted molar refractivity (Wildman–Crippen MR) is 94.2 cm³/mol. The lowest BCUT2D eigenvalue weighted by atomic mass is 10.0. The Bertz CT molecular complexity index is 584. The van der Waals surface area contributed by atoms with Crippen molar-refractivity contribution in [3.63, 3.8) is 0 Å². The smallest absolute Gasteiger partial charge is 0.257 e. The second kappa shape index (κ2) is 8.71. The van der Waals surface area contributed by atoms with Gasteiger partial charge in [-0.15, -0.1) is 0 Å². The zero-order valence-electron chi connectivity index (χ0n) is 14.9. The van der Waals surface area contributed by atoms with Crippen LogP contribution < -0.4 is 10.1 Å². The molecule has 0 spiro atoms. The molecule has 24 heavy (non-hydrogen) atoms. The second-order valence-corrected chi connectivity index (χ2v) is 6.67. The summed E-state index contributed by atoms with van der Waals surface area (Å²) in [4.78, 5) is 25.3. The van der Waals surface area contributed by atoms with E-state index in [1.54, 1.807) is 0 Å². The van der Waals surface area contributed by atoms with E-state index in [9.17, 15) is 9.59 Å². The largest absolute Gasteiger partial charge is 0.483 e. The first-order valence-electron chi connectivity index (χ1n) is 8.75. The predicted octanol–water partition coefficient (Wildman–Crippen LogP) is 2.63. The van der Waals surface area contributed by atoms with Crippen LogP contribution in [0, 0.1) is 6.92 Å². The summed E-state index contributed by atoms with van der Waals surface area (Å²) in [6.45, 7) is 8.38. The van der Waals surface area contributed by atoms with E-state index in [0.29, 0.717) is 18.9 Å². The van der Waals surface area contributed by atoms with Gasteiger partial charge < -0.3 is 15.0 Å². The number of rotatable bonds is 8. The van der Waals surface area contributed by atoms with Crippen LogP contribution in [0.4, 0.5) is 0 Å². The molecule has 2 amide bonds. The number of ether oxygens (including phenoxy) is 1. The maximum absolute atomic E-state index is 11.9. The van der Waals surface area contributed by atoms with Crippen LogP contribution in [-0.2, 0) is 9.59 Å². The van der Waals surface area contributed by atoms with Gasteiger partial charge >= 0.3 is 0 Å². The fraction of sp³-hybridized carbons (Fsp3) is 0.579. The Balaban J connectivity index is 1.71. The molecule has 0 atom stereocenters. The lowest BCUT2D eigenvalue weighted by Crippen LogP contribution is -2.33. The molecule has 0 aliphatic carbocycles. The number of aryl methyl sites for hydroxylation is 1. The van der Waals surface area contributed by atoms with Crippen LogP contribution in [0.25, 0.3) is 0 Å². The van der Waals surface area contributed by atoms with Gasteiger partial charge in [-0.2, -0.15) is 0 Å². The molecule has 0 radical (unpaired) electrons. The molecule has 1 aromatic carbocycles. The fourth-order valence-electron chi connectivity index (χ4n) is 2.88. The topological polar surface area (TPSA) is 58.6 Å². The van der Waals surface area contributed by atoms with Crippen LogP contribution in [0.3, 0.4) is 0 Å². The van der Waals surface area contributed by atoms with E-state index in [0.717, 1.165) is 42.8 Å². The molecule has 1 N–H and O–H groups in total. The average molecular weight is 332 g/mol. The van der Waals surface area contributed by atoms with Crippen molar-refractivity contribution in [2.45, 2.75) is 46.0 Å². The maximum atomic E-state index is 11.9. The Morgan fingerprint density at radius 3 is 2.83 bits per heavy atom. The van der Waals surface area contributed by atoms with E-state index in [1.165, 1.54) is 0 Å². The Morgan fingerprint density at radius 2 is 2.17 bits per heavy atom. The summed E-state index contributed by atoms with van der Waals surface area (Å²) in [5.74, 6) is 1.23. The zero-order valence-corrected chi connectivity index (χ0v) is 14.9.